The second-order valence-electron chi connectivity index (χ2n) is 7.12. The largest absolute Gasteiger partial charge is 0.481 e. The van der Waals surface area contributed by atoms with Crippen molar-refractivity contribution in [2.24, 2.45) is 0 Å². The Bertz CT molecular complexity index is 1010. The Kier molecular flexibility index (Phi) is 8.12. The van der Waals surface area contributed by atoms with Gasteiger partial charge in [0.1, 0.15) is 0 Å². The average molecular weight is 435 g/mol. The highest BCUT2D eigenvalue weighted by atomic mass is 32.2. The minimum absolute atomic E-state index is 0.0172. The van der Waals surface area contributed by atoms with E-state index in [0.29, 0.717) is 6.54 Å². The molecule has 2 N–H and O–H groups in total. The molecule has 3 rings (SSSR count). The zero-order valence-electron chi connectivity index (χ0n) is 17.5. The van der Waals surface area contributed by atoms with Crippen molar-refractivity contribution in [1.82, 2.24) is 0 Å². The molecule has 5 nitrogen and oxygen atoms in total. The molecule has 31 heavy (non-hydrogen) atoms. The molecule has 0 aliphatic carbocycles. The Morgan fingerprint density at radius 1 is 0.935 bits per heavy atom. The van der Waals surface area contributed by atoms with Crippen LogP contribution in [-0.4, -0.2) is 23.7 Å². The molecule has 0 aromatic heterocycles. The van der Waals surface area contributed by atoms with Crippen molar-refractivity contribution in [3.8, 4) is 0 Å². The van der Waals surface area contributed by atoms with E-state index in [1.807, 2.05) is 78.9 Å². The van der Waals surface area contributed by atoms with Crippen LogP contribution in [0.3, 0.4) is 0 Å². The summed E-state index contributed by atoms with van der Waals surface area (Å²) in [6, 6.07) is 24.7. The lowest BCUT2D eigenvalue weighted by Crippen LogP contribution is -2.35. The van der Waals surface area contributed by atoms with Gasteiger partial charge in [-0.05, 0) is 54.4 Å². The lowest BCUT2D eigenvalue weighted by atomic mass is 10.2. The Morgan fingerprint density at radius 3 is 2.35 bits per heavy atom. The molecule has 0 radical (unpaired) electrons. The third-order valence-corrected chi connectivity index (χ3v) is 5.65. The minimum atomic E-state index is -0.839. The monoisotopic (exact) mass is 434 g/mol. The van der Waals surface area contributed by atoms with Gasteiger partial charge < -0.3 is 10.4 Å². The van der Waals surface area contributed by atoms with E-state index < -0.39 is 5.97 Å². The number of benzene rings is 3. The third kappa shape index (κ3) is 6.89. The Morgan fingerprint density at radius 2 is 1.68 bits per heavy atom. The summed E-state index contributed by atoms with van der Waals surface area (Å²) in [4.78, 5) is 27.6. The summed E-state index contributed by atoms with van der Waals surface area (Å²) in [5.74, 6) is -0.839. The lowest BCUT2D eigenvalue weighted by Gasteiger charge is -2.23. The van der Waals surface area contributed by atoms with Crippen molar-refractivity contribution in [3.05, 3.63) is 84.4 Å². The SMILES string of the molecule is CCCCN(C(=O)Nc1ccccc1)c1cccc(Sc2ccc(CC(=O)O)cc2)c1. The van der Waals surface area contributed by atoms with Gasteiger partial charge in [-0.15, -0.1) is 0 Å². The first-order chi connectivity index (χ1) is 15.0. The molecule has 0 spiro atoms. The summed E-state index contributed by atoms with van der Waals surface area (Å²) < 4.78 is 0. The maximum absolute atomic E-state index is 13.0. The van der Waals surface area contributed by atoms with Crippen LogP contribution < -0.4 is 10.2 Å². The quantitative estimate of drug-likeness (QED) is 0.414. The van der Waals surface area contributed by atoms with E-state index in [1.54, 1.807) is 16.7 Å². The van der Waals surface area contributed by atoms with Gasteiger partial charge in [-0.25, -0.2) is 4.79 Å². The van der Waals surface area contributed by atoms with E-state index >= 15 is 0 Å². The second-order valence-corrected chi connectivity index (χ2v) is 8.26. The number of anilines is 2. The fraction of sp³-hybridized carbons (Fsp3) is 0.200. The molecular weight excluding hydrogens is 408 g/mol. The van der Waals surface area contributed by atoms with Crippen molar-refractivity contribution in [1.29, 1.82) is 0 Å². The van der Waals surface area contributed by atoms with Crippen LogP contribution in [0.4, 0.5) is 16.2 Å². The summed E-state index contributed by atoms with van der Waals surface area (Å²) in [5, 5.41) is 11.9. The van der Waals surface area contributed by atoms with Crippen LogP contribution in [0, 0.1) is 0 Å². The number of carboxylic acids is 1. The number of rotatable bonds is 9. The van der Waals surface area contributed by atoms with Crippen LogP contribution in [0.2, 0.25) is 0 Å². The molecule has 0 aliphatic heterocycles. The van der Waals surface area contributed by atoms with Crippen LogP contribution >= 0.6 is 11.8 Å². The molecule has 6 heteroatoms. The van der Waals surface area contributed by atoms with Gasteiger partial charge in [0.15, 0.2) is 0 Å². The van der Waals surface area contributed by atoms with Crippen LogP contribution in [0.25, 0.3) is 0 Å². The molecule has 0 unspecified atom stereocenters. The number of hydrogen-bond acceptors (Lipinski definition) is 3. The Balaban J connectivity index is 1.75. The highest BCUT2D eigenvalue weighted by Crippen LogP contribution is 2.31. The van der Waals surface area contributed by atoms with Gasteiger partial charge in [0.2, 0.25) is 0 Å². The van der Waals surface area contributed by atoms with Crippen molar-refractivity contribution < 1.29 is 14.7 Å². The highest BCUT2D eigenvalue weighted by molar-refractivity contribution is 7.99. The standard InChI is InChI=1S/C25H26N2O3S/c1-2-3-16-27(25(30)26-20-8-5-4-6-9-20)21-10-7-11-23(18-21)31-22-14-12-19(13-15-22)17-24(28)29/h4-15,18H,2-3,16-17H2,1H3,(H,26,30)(H,28,29). The first-order valence-corrected chi connectivity index (χ1v) is 11.1. The van der Waals surface area contributed by atoms with Gasteiger partial charge in [0.25, 0.3) is 0 Å². The Labute approximate surface area is 187 Å². The number of hydrogen-bond donors (Lipinski definition) is 2. The van der Waals surface area contributed by atoms with Gasteiger partial charge in [0.05, 0.1) is 6.42 Å². The molecule has 2 amide bonds. The first-order valence-electron chi connectivity index (χ1n) is 10.3. The number of aliphatic carboxylic acids is 1. The maximum Gasteiger partial charge on any atom is 0.326 e. The molecular formula is C25H26N2O3S. The lowest BCUT2D eigenvalue weighted by molar-refractivity contribution is -0.136. The van der Waals surface area contributed by atoms with E-state index in [-0.39, 0.29) is 12.5 Å². The molecule has 3 aromatic rings. The molecule has 0 bridgehead atoms. The van der Waals surface area contributed by atoms with Crippen LogP contribution in [0.15, 0.2) is 88.7 Å². The normalized spacial score (nSPS) is 10.5. The zero-order chi connectivity index (χ0) is 22.1. The number of carboxylic acid groups (broad SMARTS) is 1. The van der Waals surface area contributed by atoms with E-state index in [9.17, 15) is 9.59 Å². The van der Waals surface area contributed by atoms with E-state index in [4.69, 9.17) is 5.11 Å². The number of urea groups is 1. The van der Waals surface area contributed by atoms with Crippen LogP contribution in [0.1, 0.15) is 25.3 Å². The number of amides is 2. The first kappa shape index (κ1) is 22.4. The fourth-order valence-corrected chi connectivity index (χ4v) is 3.95. The fourth-order valence-electron chi connectivity index (χ4n) is 3.08. The summed E-state index contributed by atoms with van der Waals surface area (Å²) in [7, 11) is 0. The smallest absolute Gasteiger partial charge is 0.326 e. The number of carbonyl (C=O) groups excluding carboxylic acids is 1. The number of para-hydroxylation sites is 1. The predicted molar refractivity (Wildman–Crippen MR) is 126 cm³/mol. The second kappa shape index (κ2) is 11.2. The van der Waals surface area contributed by atoms with Crippen molar-refractivity contribution in [2.75, 3.05) is 16.8 Å². The van der Waals surface area contributed by atoms with Crippen molar-refractivity contribution >= 4 is 35.1 Å². The number of nitrogens with zero attached hydrogens (tertiary/aromatic N) is 1. The summed E-state index contributed by atoms with van der Waals surface area (Å²) in [6.07, 6.45) is 1.92. The predicted octanol–water partition coefficient (Wildman–Crippen LogP) is 6.30. The van der Waals surface area contributed by atoms with Crippen molar-refractivity contribution in [2.45, 2.75) is 36.0 Å². The summed E-state index contributed by atoms with van der Waals surface area (Å²) >= 11 is 1.58. The van der Waals surface area contributed by atoms with Gasteiger partial charge in [-0.1, -0.05) is 61.5 Å². The van der Waals surface area contributed by atoms with Gasteiger partial charge in [-0.2, -0.15) is 0 Å². The van der Waals surface area contributed by atoms with Gasteiger partial charge in [-0.3, -0.25) is 9.69 Å². The third-order valence-electron chi connectivity index (χ3n) is 4.65. The number of carbonyl (C=O) groups is 2. The topological polar surface area (TPSA) is 69.6 Å². The average Bonchev–Trinajstić information content (AvgIpc) is 2.76. The molecule has 0 fully saturated rings. The molecule has 0 saturated carbocycles. The molecule has 0 atom stereocenters. The van der Waals surface area contributed by atoms with Crippen molar-refractivity contribution in [3.63, 3.8) is 0 Å². The molecule has 0 heterocycles. The summed E-state index contributed by atoms with van der Waals surface area (Å²) in [5.41, 5.74) is 2.38. The zero-order valence-corrected chi connectivity index (χ0v) is 18.3. The maximum atomic E-state index is 13.0. The molecule has 0 aliphatic rings. The van der Waals surface area contributed by atoms with E-state index in [2.05, 4.69) is 12.2 Å². The Hall–Kier alpha value is -3.25. The number of nitrogens with one attached hydrogen (secondary N) is 1. The molecule has 3 aromatic carbocycles. The summed E-state index contributed by atoms with van der Waals surface area (Å²) in [6.45, 7) is 2.74. The van der Waals surface area contributed by atoms with E-state index in [1.165, 1.54) is 0 Å². The molecule has 160 valence electrons. The van der Waals surface area contributed by atoms with Crippen LogP contribution in [-0.2, 0) is 11.2 Å². The van der Waals surface area contributed by atoms with Crippen LogP contribution in [0.5, 0.6) is 0 Å². The van der Waals surface area contributed by atoms with Gasteiger partial charge in [0, 0.05) is 27.7 Å². The van der Waals surface area contributed by atoms with E-state index in [0.717, 1.165) is 39.6 Å². The minimum Gasteiger partial charge on any atom is -0.481 e. The molecule has 0 saturated heterocycles. The van der Waals surface area contributed by atoms with Gasteiger partial charge >= 0.3 is 12.0 Å². The highest BCUT2D eigenvalue weighted by Gasteiger charge is 2.16. The number of unbranched alkanes of at least 4 members (excludes halogenated alkanes) is 1.